The van der Waals surface area contributed by atoms with Gasteiger partial charge < -0.3 is 4.74 Å². The van der Waals surface area contributed by atoms with E-state index < -0.39 is 4.92 Å². The van der Waals surface area contributed by atoms with Crippen molar-refractivity contribution in [2.75, 3.05) is 6.61 Å². The lowest BCUT2D eigenvalue weighted by atomic mass is 10.1. The molecule has 0 aromatic carbocycles. The Hall–Kier alpha value is -1.14. The van der Waals surface area contributed by atoms with Crippen LogP contribution in [0.25, 0.3) is 0 Å². The number of nitro groups is 1. The minimum absolute atomic E-state index is 0.0484. The van der Waals surface area contributed by atoms with E-state index in [1.54, 1.807) is 0 Å². The molecular formula is C11H16ClN3O3. The lowest BCUT2D eigenvalue weighted by Crippen LogP contribution is -2.19. The Kier molecular flexibility index (Phi) is 3.87. The fourth-order valence-electron chi connectivity index (χ4n) is 2.09. The van der Waals surface area contributed by atoms with Crippen molar-refractivity contribution in [3.63, 3.8) is 0 Å². The van der Waals surface area contributed by atoms with Crippen LogP contribution < -0.4 is 0 Å². The second-order valence-corrected chi connectivity index (χ2v) is 5.06. The number of rotatable bonds is 3. The van der Waals surface area contributed by atoms with Gasteiger partial charge in [0, 0.05) is 12.5 Å². The maximum absolute atomic E-state index is 11.1. The van der Waals surface area contributed by atoms with E-state index in [9.17, 15) is 10.1 Å². The van der Waals surface area contributed by atoms with Crippen LogP contribution >= 0.6 is 11.6 Å². The molecule has 7 heteroatoms. The van der Waals surface area contributed by atoms with E-state index >= 15 is 0 Å². The van der Waals surface area contributed by atoms with Crippen LogP contribution in [-0.4, -0.2) is 21.3 Å². The molecule has 1 aromatic rings. The second-order valence-electron chi connectivity index (χ2n) is 4.70. The van der Waals surface area contributed by atoms with Crippen molar-refractivity contribution in [3.8, 4) is 0 Å². The molecular weight excluding hydrogens is 258 g/mol. The Morgan fingerprint density at radius 1 is 1.56 bits per heavy atom. The molecule has 18 heavy (non-hydrogen) atoms. The summed E-state index contributed by atoms with van der Waals surface area (Å²) in [6.07, 6.45) is 2.54. The Morgan fingerprint density at radius 3 is 2.72 bits per heavy atom. The third kappa shape index (κ3) is 2.35. The van der Waals surface area contributed by atoms with E-state index in [1.807, 2.05) is 13.8 Å². The zero-order valence-corrected chi connectivity index (χ0v) is 11.2. The van der Waals surface area contributed by atoms with Crippen molar-refractivity contribution in [3.05, 3.63) is 21.0 Å². The molecule has 0 spiro atoms. The molecule has 0 bridgehead atoms. The Morgan fingerprint density at radius 2 is 2.28 bits per heavy atom. The van der Waals surface area contributed by atoms with Gasteiger partial charge in [0.1, 0.15) is 5.69 Å². The van der Waals surface area contributed by atoms with E-state index in [0.717, 1.165) is 19.3 Å². The number of hydrogen-bond acceptors (Lipinski definition) is 4. The van der Waals surface area contributed by atoms with Crippen LogP contribution in [0.2, 0.25) is 5.15 Å². The molecule has 1 aliphatic heterocycles. The Balaban J connectivity index is 2.42. The third-order valence-electron chi connectivity index (χ3n) is 3.01. The summed E-state index contributed by atoms with van der Waals surface area (Å²) in [4.78, 5) is 10.6. The first-order valence-electron chi connectivity index (χ1n) is 6.06. The lowest BCUT2D eigenvalue weighted by molar-refractivity contribution is -0.385. The number of hydrogen-bond donors (Lipinski definition) is 0. The molecule has 1 unspecified atom stereocenters. The first-order chi connectivity index (χ1) is 8.52. The van der Waals surface area contributed by atoms with E-state index in [1.165, 1.54) is 4.68 Å². The summed E-state index contributed by atoms with van der Waals surface area (Å²) in [6.45, 7) is 4.36. The van der Waals surface area contributed by atoms with Gasteiger partial charge in [-0.3, -0.25) is 10.1 Å². The van der Waals surface area contributed by atoms with Gasteiger partial charge in [-0.2, -0.15) is 5.10 Å². The highest BCUT2D eigenvalue weighted by Gasteiger charge is 2.31. The molecule has 1 aromatic heterocycles. The first-order valence-corrected chi connectivity index (χ1v) is 6.44. The SMILES string of the molecule is CC(C)c1nn(C2CCCCO2)c(Cl)c1[N+](=O)[O-]. The summed E-state index contributed by atoms with van der Waals surface area (Å²) in [5, 5.41) is 15.4. The molecule has 100 valence electrons. The lowest BCUT2D eigenvalue weighted by Gasteiger charge is -2.22. The van der Waals surface area contributed by atoms with Gasteiger partial charge >= 0.3 is 5.69 Å². The summed E-state index contributed by atoms with van der Waals surface area (Å²) in [6, 6.07) is 0. The fourth-order valence-corrected chi connectivity index (χ4v) is 2.40. The molecule has 1 saturated heterocycles. The largest absolute Gasteiger partial charge is 0.356 e. The van der Waals surface area contributed by atoms with Crippen LogP contribution in [0.3, 0.4) is 0 Å². The smallest absolute Gasteiger partial charge is 0.329 e. The van der Waals surface area contributed by atoms with Crippen molar-refractivity contribution in [1.82, 2.24) is 9.78 Å². The standard InChI is InChI=1S/C11H16ClN3O3/c1-7(2)9-10(15(16)17)11(12)14(13-9)8-5-3-4-6-18-8/h7-8H,3-6H2,1-2H3. The highest BCUT2D eigenvalue weighted by Crippen LogP contribution is 2.36. The summed E-state index contributed by atoms with van der Waals surface area (Å²) < 4.78 is 7.02. The van der Waals surface area contributed by atoms with Crippen LogP contribution in [-0.2, 0) is 4.74 Å². The van der Waals surface area contributed by atoms with E-state index in [0.29, 0.717) is 12.3 Å². The molecule has 0 N–H and O–H groups in total. The fraction of sp³-hybridized carbons (Fsp3) is 0.727. The van der Waals surface area contributed by atoms with Gasteiger partial charge in [-0.15, -0.1) is 0 Å². The molecule has 6 nitrogen and oxygen atoms in total. The highest BCUT2D eigenvalue weighted by atomic mass is 35.5. The van der Waals surface area contributed by atoms with Crippen molar-refractivity contribution in [2.24, 2.45) is 0 Å². The molecule has 2 heterocycles. The van der Waals surface area contributed by atoms with Gasteiger partial charge in [0.25, 0.3) is 0 Å². The average Bonchev–Trinajstić information content (AvgIpc) is 2.68. The predicted octanol–water partition coefficient (Wildman–Crippen LogP) is 3.27. The van der Waals surface area contributed by atoms with Crippen molar-refractivity contribution in [1.29, 1.82) is 0 Å². The summed E-state index contributed by atoms with van der Waals surface area (Å²) in [5.74, 6) is -0.0484. The van der Waals surface area contributed by atoms with Crippen molar-refractivity contribution >= 4 is 17.3 Å². The van der Waals surface area contributed by atoms with Gasteiger partial charge in [0.2, 0.25) is 5.15 Å². The second kappa shape index (κ2) is 5.24. The molecule has 0 saturated carbocycles. The topological polar surface area (TPSA) is 70.2 Å². The molecule has 1 atom stereocenters. The van der Waals surface area contributed by atoms with E-state index in [-0.39, 0.29) is 23.0 Å². The molecule has 2 rings (SSSR count). The number of aromatic nitrogens is 2. The highest BCUT2D eigenvalue weighted by molar-refractivity contribution is 6.31. The zero-order chi connectivity index (χ0) is 13.3. The molecule has 0 radical (unpaired) electrons. The van der Waals surface area contributed by atoms with Crippen LogP contribution in [0.5, 0.6) is 0 Å². The summed E-state index contributed by atoms with van der Waals surface area (Å²) in [7, 11) is 0. The number of halogens is 1. The molecule has 0 amide bonds. The molecule has 1 fully saturated rings. The van der Waals surface area contributed by atoms with E-state index in [4.69, 9.17) is 16.3 Å². The van der Waals surface area contributed by atoms with Crippen molar-refractivity contribution < 1.29 is 9.66 Å². The van der Waals surface area contributed by atoms with Gasteiger partial charge in [-0.05, 0) is 19.3 Å². The first kappa shape index (κ1) is 13.3. The van der Waals surface area contributed by atoms with Gasteiger partial charge in [0.15, 0.2) is 6.23 Å². The van der Waals surface area contributed by atoms with Crippen LogP contribution in [0.15, 0.2) is 0 Å². The molecule has 1 aliphatic rings. The van der Waals surface area contributed by atoms with Crippen molar-refractivity contribution in [2.45, 2.75) is 45.3 Å². The van der Waals surface area contributed by atoms with Crippen LogP contribution in [0.1, 0.15) is 50.9 Å². The normalized spacial score (nSPS) is 20.3. The average molecular weight is 274 g/mol. The maximum Gasteiger partial charge on any atom is 0.329 e. The monoisotopic (exact) mass is 273 g/mol. The minimum Gasteiger partial charge on any atom is -0.356 e. The zero-order valence-electron chi connectivity index (χ0n) is 10.4. The van der Waals surface area contributed by atoms with Crippen LogP contribution in [0, 0.1) is 10.1 Å². The number of nitrogens with zero attached hydrogens (tertiary/aromatic N) is 3. The molecule has 0 aliphatic carbocycles. The van der Waals surface area contributed by atoms with E-state index in [2.05, 4.69) is 5.10 Å². The number of ether oxygens (including phenoxy) is 1. The van der Waals surface area contributed by atoms with Gasteiger partial charge in [0.05, 0.1) is 4.92 Å². The quantitative estimate of drug-likeness (QED) is 0.626. The summed E-state index contributed by atoms with van der Waals surface area (Å²) in [5.41, 5.74) is 0.319. The van der Waals surface area contributed by atoms with Crippen LogP contribution in [0.4, 0.5) is 5.69 Å². The Labute approximate surface area is 110 Å². The summed E-state index contributed by atoms with van der Waals surface area (Å²) >= 11 is 6.08. The van der Waals surface area contributed by atoms with Gasteiger partial charge in [-0.1, -0.05) is 25.4 Å². The maximum atomic E-state index is 11.1. The van der Waals surface area contributed by atoms with Gasteiger partial charge in [-0.25, -0.2) is 4.68 Å². The predicted molar refractivity (Wildman–Crippen MR) is 66.8 cm³/mol. The third-order valence-corrected chi connectivity index (χ3v) is 3.36. The Bertz CT molecular complexity index is 453. The minimum atomic E-state index is -0.468.